The summed E-state index contributed by atoms with van der Waals surface area (Å²) in [5, 5.41) is 0.975. The van der Waals surface area contributed by atoms with E-state index >= 15 is 0 Å². The van der Waals surface area contributed by atoms with Crippen LogP contribution in [0.2, 0.25) is 6.04 Å². The van der Waals surface area contributed by atoms with Crippen molar-refractivity contribution in [2.45, 2.75) is 33.2 Å². The third-order valence-corrected chi connectivity index (χ3v) is 9.52. The van der Waals surface area contributed by atoms with Crippen molar-refractivity contribution in [3.05, 3.63) is 30.3 Å². The lowest BCUT2D eigenvalue weighted by Gasteiger charge is -2.28. The number of rotatable bonds is 13. The molecule has 0 unspecified atom stereocenters. The van der Waals surface area contributed by atoms with Crippen LogP contribution < -0.4 is 10.9 Å². The number of hydrogen-bond donors (Lipinski definition) is 1. The van der Waals surface area contributed by atoms with Gasteiger partial charge in [0.15, 0.2) is 0 Å². The summed E-state index contributed by atoms with van der Waals surface area (Å²) in [7, 11) is -0.180. The molecule has 0 aliphatic rings. The van der Waals surface area contributed by atoms with Gasteiger partial charge in [-0.1, -0.05) is 30.3 Å². The lowest BCUT2D eigenvalue weighted by atomic mass is 10.4. The van der Waals surface area contributed by atoms with Gasteiger partial charge < -0.3 is 32.3 Å². The minimum absolute atomic E-state index is 0.636. The highest BCUT2D eigenvalue weighted by Gasteiger charge is 2.40. The second-order valence-electron chi connectivity index (χ2n) is 5.41. The molecule has 0 bridgehead atoms. The lowest BCUT2D eigenvalue weighted by molar-refractivity contribution is 0.0710. The highest BCUT2D eigenvalue weighted by molar-refractivity contribution is 6.75. The molecular formula is C18H37NO6Si2. The Morgan fingerprint density at radius 1 is 0.778 bits per heavy atom. The van der Waals surface area contributed by atoms with Crippen molar-refractivity contribution in [3.63, 3.8) is 0 Å². The second kappa shape index (κ2) is 15.3. The third-order valence-electron chi connectivity index (χ3n) is 3.71. The Bertz CT molecular complexity index is 437. The van der Waals surface area contributed by atoms with E-state index in [0.29, 0.717) is 26.4 Å². The standard InChI is InChI=1S/C9H23NO3Si.C9H14O3Si/c1-4-11-14(12-5-2,13-6-3)9-7-8-10;1-10-13(11-2,12-3)9-7-5-4-6-8-9/h4-10H2,1-3H3;4-8H,1-3H3. The van der Waals surface area contributed by atoms with Crippen LogP contribution in [0.3, 0.4) is 0 Å². The summed E-state index contributed by atoms with van der Waals surface area (Å²) in [5.41, 5.74) is 5.48. The maximum absolute atomic E-state index is 5.65. The summed E-state index contributed by atoms with van der Waals surface area (Å²) in [6, 6.07) is 10.5. The molecule has 1 aromatic carbocycles. The van der Waals surface area contributed by atoms with Crippen LogP contribution in [0.1, 0.15) is 27.2 Å². The fourth-order valence-electron chi connectivity index (χ4n) is 2.57. The van der Waals surface area contributed by atoms with Gasteiger partial charge in [0.2, 0.25) is 0 Å². The van der Waals surface area contributed by atoms with Crippen LogP contribution in [0.15, 0.2) is 30.3 Å². The van der Waals surface area contributed by atoms with E-state index in [2.05, 4.69) is 0 Å². The summed E-state index contributed by atoms with van der Waals surface area (Å²) in [6.07, 6.45) is 0.895. The Hall–Kier alpha value is -0.626. The lowest BCUT2D eigenvalue weighted by Crippen LogP contribution is -2.54. The summed E-state index contributed by atoms with van der Waals surface area (Å²) in [4.78, 5) is 0. The van der Waals surface area contributed by atoms with Gasteiger partial charge in [-0.05, 0) is 33.7 Å². The van der Waals surface area contributed by atoms with Gasteiger partial charge in [0.25, 0.3) is 0 Å². The van der Waals surface area contributed by atoms with Crippen molar-refractivity contribution in [2.75, 3.05) is 47.7 Å². The molecule has 0 aliphatic heterocycles. The minimum Gasteiger partial charge on any atom is -0.374 e. The zero-order valence-electron chi connectivity index (χ0n) is 17.7. The Morgan fingerprint density at radius 2 is 1.22 bits per heavy atom. The molecule has 0 radical (unpaired) electrons. The molecule has 0 atom stereocenters. The quantitative estimate of drug-likeness (QED) is 0.491. The van der Waals surface area contributed by atoms with Crippen molar-refractivity contribution >= 4 is 22.8 Å². The molecule has 0 aliphatic carbocycles. The molecule has 7 nitrogen and oxygen atoms in total. The van der Waals surface area contributed by atoms with Crippen LogP contribution >= 0.6 is 0 Å². The SMILES string of the molecule is CCO[Si](CCCN)(OCC)OCC.CO[Si](OC)(OC)c1ccccc1. The molecule has 2 N–H and O–H groups in total. The van der Waals surface area contributed by atoms with Gasteiger partial charge in [-0.2, -0.15) is 0 Å². The summed E-state index contributed by atoms with van der Waals surface area (Å²) in [6.45, 7) is 8.44. The van der Waals surface area contributed by atoms with E-state index in [1.54, 1.807) is 21.3 Å². The average Bonchev–Trinajstić information content (AvgIpc) is 2.70. The van der Waals surface area contributed by atoms with Crippen LogP contribution in [-0.2, 0) is 26.6 Å². The van der Waals surface area contributed by atoms with E-state index in [-0.39, 0.29) is 0 Å². The van der Waals surface area contributed by atoms with Crippen molar-refractivity contribution in [2.24, 2.45) is 5.73 Å². The number of nitrogens with two attached hydrogens (primary N) is 1. The Balaban J connectivity index is 0.000000501. The highest BCUT2D eigenvalue weighted by Crippen LogP contribution is 2.17. The maximum atomic E-state index is 5.65. The van der Waals surface area contributed by atoms with Crippen LogP contribution in [0.25, 0.3) is 0 Å². The van der Waals surface area contributed by atoms with E-state index in [0.717, 1.165) is 17.7 Å². The Kier molecular flexibility index (Phi) is 15.0. The fourth-order valence-corrected chi connectivity index (χ4v) is 7.01. The molecule has 27 heavy (non-hydrogen) atoms. The van der Waals surface area contributed by atoms with Gasteiger partial charge in [-0.25, -0.2) is 0 Å². The molecule has 0 fully saturated rings. The summed E-state index contributed by atoms with van der Waals surface area (Å²) in [5.74, 6) is 0. The molecule has 9 heteroatoms. The van der Waals surface area contributed by atoms with Crippen molar-refractivity contribution < 1.29 is 26.6 Å². The summed E-state index contributed by atoms with van der Waals surface area (Å²) < 4.78 is 32.9. The number of hydrogen-bond acceptors (Lipinski definition) is 7. The first-order chi connectivity index (χ1) is 13.0. The first kappa shape index (κ1) is 26.4. The first-order valence-electron chi connectivity index (χ1n) is 9.36. The van der Waals surface area contributed by atoms with Crippen LogP contribution in [-0.4, -0.2) is 65.3 Å². The van der Waals surface area contributed by atoms with Gasteiger partial charge in [-0.15, -0.1) is 0 Å². The fraction of sp³-hybridized carbons (Fsp3) is 0.667. The number of benzene rings is 1. The Labute approximate surface area is 166 Å². The van der Waals surface area contributed by atoms with E-state index in [1.807, 2.05) is 51.1 Å². The van der Waals surface area contributed by atoms with Crippen molar-refractivity contribution in [1.29, 1.82) is 0 Å². The van der Waals surface area contributed by atoms with E-state index in [9.17, 15) is 0 Å². The topological polar surface area (TPSA) is 81.4 Å². The van der Waals surface area contributed by atoms with E-state index in [4.69, 9.17) is 32.3 Å². The maximum Gasteiger partial charge on any atom is 0.536 e. The second-order valence-corrected chi connectivity index (χ2v) is 11.1. The molecule has 0 aromatic heterocycles. The average molecular weight is 420 g/mol. The minimum atomic E-state index is -2.59. The van der Waals surface area contributed by atoms with Crippen molar-refractivity contribution in [3.8, 4) is 0 Å². The van der Waals surface area contributed by atoms with Gasteiger partial charge in [0.05, 0.1) is 0 Å². The van der Waals surface area contributed by atoms with E-state index in [1.165, 1.54) is 0 Å². The highest BCUT2D eigenvalue weighted by atomic mass is 28.4. The van der Waals surface area contributed by atoms with Gasteiger partial charge in [-0.3, -0.25) is 0 Å². The summed E-state index contributed by atoms with van der Waals surface area (Å²) >= 11 is 0. The molecule has 1 aromatic rings. The molecular weight excluding hydrogens is 382 g/mol. The predicted octanol–water partition coefficient (Wildman–Crippen LogP) is 2.16. The molecule has 0 spiro atoms. The van der Waals surface area contributed by atoms with Gasteiger partial charge in [0.1, 0.15) is 0 Å². The molecule has 1 rings (SSSR count). The van der Waals surface area contributed by atoms with Crippen LogP contribution in [0.5, 0.6) is 0 Å². The molecule has 0 amide bonds. The molecule has 158 valence electrons. The first-order valence-corrected chi connectivity index (χ1v) is 13.0. The smallest absolute Gasteiger partial charge is 0.374 e. The van der Waals surface area contributed by atoms with Crippen molar-refractivity contribution in [1.82, 2.24) is 0 Å². The molecule has 0 saturated carbocycles. The zero-order valence-corrected chi connectivity index (χ0v) is 19.7. The normalized spacial score (nSPS) is 11.8. The largest absolute Gasteiger partial charge is 0.536 e. The molecule has 0 saturated heterocycles. The van der Waals surface area contributed by atoms with Crippen LogP contribution in [0, 0.1) is 0 Å². The monoisotopic (exact) mass is 419 g/mol. The van der Waals surface area contributed by atoms with Crippen LogP contribution in [0.4, 0.5) is 0 Å². The zero-order chi connectivity index (χ0) is 20.6. The Morgan fingerprint density at radius 3 is 1.56 bits per heavy atom. The van der Waals surface area contributed by atoms with Gasteiger partial charge in [0, 0.05) is 52.4 Å². The molecule has 0 heterocycles. The van der Waals surface area contributed by atoms with E-state index < -0.39 is 17.6 Å². The predicted molar refractivity (Wildman–Crippen MR) is 112 cm³/mol. The third kappa shape index (κ3) is 8.94. The van der Waals surface area contributed by atoms with Gasteiger partial charge >= 0.3 is 17.6 Å².